The number of ether oxygens (including phenoxy) is 2. The van der Waals surface area contributed by atoms with Gasteiger partial charge in [0.15, 0.2) is 11.5 Å². The molecule has 0 fully saturated rings. The van der Waals surface area contributed by atoms with Crippen LogP contribution in [0.25, 0.3) is 10.8 Å². The fraction of sp³-hybridized carbons (Fsp3) is 0.286. The first-order valence-corrected chi connectivity index (χ1v) is 15.6. The number of benzene rings is 4. The van der Waals surface area contributed by atoms with Crippen molar-refractivity contribution in [2.24, 2.45) is 10.7 Å². The molecule has 0 radical (unpaired) electrons. The maximum absolute atomic E-state index is 13.7. The Kier molecular flexibility index (Phi) is 7.59. The summed E-state index contributed by atoms with van der Waals surface area (Å²) in [6.07, 6.45) is 2.60. The van der Waals surface area contributed by atoms with Crippen LogP contribution in [0.3, 0.4) is 0 Å². The fourth-order valence-electron chi connectivity index (χ4n) is 6.75. The minimum absolute atomic E-state index is 0.00924. The van der Waals surface area contributed by atoms with Crippen molar-refractivity contribution >= 4 is 57.5 Å². The van der Waals surface area contributed by atoms with Gasteiger partial charge < -0.3 is 30.7 Å². The van der Waals surface area contributed by atoms with E-state index < -0.39 is 6.04 Å². The van der Waals surface area contributed by atoms with Gasteiger partial charge in [-0.05, 0) is 40.6 Å². The van der Waals surface area contributed by atoms with Crippen molar-refractivity contribution in [2.45, 2.75) is 37.4 Å². The van der Waals surface area contributed by atoms with E-state index in [1.54, 1.807) is 17.0 Å². The van der Waals surface area contributed by atoms with Crippen molar-refractivity contribution in [3.8, 4) is 11.5 Å². The summed E-state index contributed by atoms with van der Waals surface area (Å²) in [5.74, 6) is 0.937. The van der Waals surface area contributed by atoms with E-state index in [2.05, 4.69) is 17.1 Å². The van der Waals surface area contributed by atoms with Crippen molar-refractivity contribution in [3.63, 3.8) is 0 Å². The lowest BCUT2D eigenvalue weighted by atomic mass is 9.94. The number of halogens is 1. The summed E-state index contributed by atoms with van der Waals surface area (Å²) in [6, 6.07) is 20.6. The zero-order valence-corrected chi connectivity index (χ0v) is 25.7. The lowest BCUT2D eigenvalue weighted by Gasteiger charge is -2.34. The molecule has 0 aromatic heterocycles. The average molecular weight is 624 g/mol. The van der Waals surface area contributed by atoms with E-state index in [4.69, 9.17) is 32.5 Å². The number of nitrogens with two attached hydrogens (primary N) is 2. The normalized spacial score (nSPS) is 19.0. The number of fused-ring (bicyclic) bond motifs is 6. The van der Waals surface area contributed by atoms with Crippen molar-refractivity contribution in [3.05, 3.63) is 89.0 Å². The first-order valence-electron chi connectivity index (χ1n) is 15.1. The lowest BCUT2D eigenvalue weighted by molar-refractivity contribution is -0.119. The Bertz CT molecular complexity index is 1860. The maximum Gasteiger partial charge on any atom is 0.257 e. The van der Waals surface area contributed by atoms with Crippen LogP contribution in [-0.2, 0) is 17.8 Å². The summed E-state index contributed by atoms with van der Waals surface area (Å²) in [5.41, 5.74) is 18.6. The molecule has 230 valence electrons. The van der Waals surface area contributed by atoms with Gasteiger partial charge >= 0.3 is 0 Å². The van der Waals surface area contributed by atoms with Gasteiger partial charge in [-0.3, -0.25) is 14.6 Å². The Morgan fingerprint density at radius 2 is 1.82 bits per heavy atom. The van der Waals surface area contributed by atoms with E-state index in [0.717, 1.165) is 27.6 Å². The molecule has 0 saturated carbocycles. The van der Waals surface area contributed by atoms with Gasteiger partial charge in [0.1, 0.15) is 6.61 Å². The monoisotopic (exact) mass is 623 g/mol. The van der Waals surface area contributed by atoms with E-state index >= 15 is 0 Å². The number of rotatable bonds is 7. The SMILES string of the molecule is COc1cc2c(cc1OCC(N)CC(=O)N1C[C@@H](CCl)c3c1cc(N)c1ccccc31)N=C[C@@H]1Cc3ccccc3CN1C2=O. The molecule has 10 heteroatoms. The van der Waals surface area contributed by atoms with Gasteiger partial charge in [-0.15, -0.1) is 11.6 Å². The van der Waals surface area contributed by atoms with Crippen LogP contribution in [0.1, 0.15) is 39.4 Å². The van der Waals surface area contributed by atoms with Crippen molar-refractivity contribution < 1.29 is 19.1 Å². The summed E-state index contributed by atoms with van der Waals surface area (Å²) in [7, 11) is 1.52. The van der Waals surface area contributed by atoms with Gasteiger partial charge in [-0.2, -0.15) is 0 Å². The molecule has 3 aliphatic heterocycles. The number of carbonyl (C=O) groups is 2. The zero-order valence-electron chi connectivity index (χ0n) is 24.9. The van der Waals surface area contributed by atoms with Crippen molar-refractivity contribution in [1.82, 2.24) is 4.90 Å². The summed E-state index contributed by atoms with van der Waals surface area (Å²) < 4.78 is 11.7. The molecule has 4 N–H and O–H groups in total. The second-order valence-electron chi connectivity index (χ2n) is 11.8. The first-order chi connectivity index (χ1) is 21.9. The highest BCUT2D eigenvalue weighted by Crippen LogP contribution is 2.44. The molecule has 3 aliphatic rings. The van der Waals surface area contributed by atoms with Crippen LogP contribution in [0.4, 0.5) is 17.1 Å². The van der Waals surface area contributed by atoms with Gasteiger partial charge in [0.25, 0.3) is 5.91 Å². The number of nitrogen functional groups attached to an aromatic ring is 1. The molecular formula is C35H34ClN5O4. The summed E-state index contributed by atoms with van der Waals surface area (Å²) >= 11 is 6.36. The summed E-state index contributed by atoms with van der Waals surface area (Å²) in [6.45, 7) is 1.04. The molecule has 3 atom stereocenters. The predicted molar refractivity (Wildman–Crippen MR) is 177 cm³/mol. The van der Waals surface area contributed by atoms with Gasteiger partial charge in [0.05, 0.1) is 24.4 Å². The number of hydrogen-bond acceptors (Lipinski definition) is 7. The van der Waals surface area contributed by atoms with E-state index in [9.17, 15) is 9.59 Å². The molecule has 45 heavy (non-hydrogen) atoms. The van der Waals surface area contributed by atoms with Gasteiger partial charge in [-0.25, -0.2) is 0 Å². The highest BCUT2D eigenvalue weighted by molar-refractivity contribution is 6.19. The number of nitrogens with zero attached hydrogens (tertiary/aromatic N) is 3. The number of carbonyl (C=O) groups excluding carboxylic acids is 2. The minimum Gasteiger partial charge on any atom is -0.493 e. The zero-order chi connectivity index (χ0) is 31.2. The number of methoxy groups -OCH3 is 1. The van der Waals surface area contributed by atoms with Gasteiger partial charge in [0, 0.05) is 66.4 Å². The van der Waals surface area contributed by atoms with E-state index in [1.165, 1.54) is 12.7 Å². The van der Waals surface area contributed by atoms with E-state index in [0.29, 0.717) is 53.8 Å². The largest absolute Gasteiger partial charge is 0.493 e. The second-order valence-corrected chi connectivity index (χ2v) is 12.2. The highest BCUT2D eigenvalue weighted by atomic mass is 35.5. The fourth-order valence-corrected chi connectivity index (χ4v) is 7.00. The Balaban J connectivity index is 1.07. The molecule has 2 amide bonds. The summed E-state index contributed by atoms with van der Waals surface area (Å²) in [5, 5.41) is 1.96. The van der Waals surface area contributed by atoms with E-state index in [-0.39, 0.29) is 36.8 Å². The quantitative estimate of drug-likeness (QED) is 0.216. The van der Waals surface area contributed by atoms with Gasteiger partial charge in [-0.1, -0.05) is 48.5 Å². The molecule has 1 unspecified atom stereocenters. The highest BCUT2D eigenvalue weighted by Gasteiger charge is 2.35. The van der Waals surface area contributed by atoms with E-state index in [1.807, 2.05) is 53.6 Å². The molecule has 0 spiro atoms. The summed E-state index contributed by atoms with van der Waals surface area (Å²) in [4.78, 5) is 35.5. The molecule has 0 bridgehead atoms. The average Bonchev–Trinajstić information content (AvgIpc) is 3.38. The number of anilines is 2. The van der Waals surface area contributed by atoms with Crippen LogP contribution < -0.4 is 25.8 Å². The van der Waals surface area contributed by atoms with Crippen molar-refractivity contribution in [2.75, 3.05) is 36.8 Å². The molecule has 4 aromatic carbocycles. The Morgan fingerprint density at radius 3 is 2.60 bits per heavy atom. The Morgan fingerprint density at radius 1 is 1.07 bits per heavy atom. The molecule has 0 aliphatic carbocycles. The molecule has 7 rings (SSSR count). The first kappa shape index (κ1) is 29.1. The third kappa shape index (κ3) is 5.15. The molecule has 0 saturated heterocycles. The van der Waals surface area contributed by atoms with Crippen LogP contribution >= 0.6 is 11.6 Å². The molecule has 4 aromatic rings. The number of hydrogen-bond donors (Lipinski definition) is 2. The Labute approximate surface area is 266 Å². The predicted octanol–water partition coefficient (Wildman–Crippen LogP) is 5.18. The molecular weight excluding hydrogens is 590 g/mol. The Hall–Kier alpha value is -4.60. The standard InChI is InChI=1S/C35H34ClN5O4/c1-44-31-12-27-29(39-16-24-10-20-6-2-3-7-21(20)17-40(24)35(27)43)14-32(31)45-19-23(37)11-33(42)41-18-22(15-36)34-26-9-5-4-8-25(26)28(38)13-30(34)41/h2-9,12-14,16,22-24H,10-11,15,17-19,37-38H2,1H3/t22-,23?,24+/m1/s1. The molecule has 3 heterocycles. The third-order valence-electron chi connectivity index (χ3n) is 9.02. The van der Waals surface area contributed by atoms with Crippen molar-refractivity contribution in [1.29, 1.82) is 0 Å². The van der Waals surface area contributed by atoms with Crippen LogP contribution in [0.5, 0.6) is 11.5 Å². The topological polar surface area (TPSA) is 123 Å². The lowest BCUT2D eigenvalue weighted by Crippen LogP contribution is -2.44. The number of amides is 2. The van der Waals surface area contributed by atoms with Crippen LogP contribution in [0.2, 0.25) is 0 Å². The van der Waals surface area contributed by atoms with Gasteiger partial charge in [0.2, 0.25) is 5.91 Å². The minimum atomic E-state index is -0.602. The molecule has 9 nitrogen and oxygen atoms in total. The number of alkyl halides is 1. The second kappa shape index (κ2) is 11.7. The maximum atomic E-state index is 13.7. The van der Waals surface area contributed by atoms with Crippen LogP contribution in [-0.4, -0.2) is 61.2 Å². The van der Waals surface area contributed by atoms with Crippen LogP contribution in [0, 0.1) is 0 Å². The third-order valence-corrected chi connectivity index (χ3v) is 9.40. The van der Waals surface area contributed by atoms with Crippen LogP contribution in [0.15, 0.2) is 71.7 Å². The number of aliphatic imine (C=N–C) groups is 1. The smallest absolute Gasteiger partial charge is 0.257 e.